The van der Waals surface area contributed by atoms with Crippen LogP contribution < -0.4 is 10.6 Å². The van der Waals surface area contributed by atoms with Gasteiger partial charge >= 0.3 is 0 Å². The maximum atomic E-state index is 13.5. The summed E-state index contributed by atoms with van der Waals surface area (Å²) in [5.41, 5.74) is 0.622. The van der Waals surface area contributed by atoms with E-state index in [1.54, 1.807) is 31.2 Å². The van der Waals surface area contributed by atoms with Crippen molar-refractivity contribution in [3.8, 4) is 0 Å². The molecule has 0 spiro atoms. The molecule has 0 saturated heterocycles. The van der Waals surface area contributed by atoms with Crippen LogP contribution in [0.25, 0.3) is 11.0 Å². The lowest BCUT2D eigenvalue weighted by Crippen LogP contribution is -2.33. The largest absolute Gasteiger partial charge is 0.451 e. The van der Waals surface area contributed by atoms with Crippen LogP contribution in [-0.2, 0) is 4.79 Å². The van der Waals surface area contributed by atoms with Crippen molar-refractivity contribution in [1.82, 2.24) is 5.32 Å². The van der Waals surface area contributed by atoms with Crippen LogP contribution in [-0.4, -0.2) is 18.4 Å². The number of fused-ring (bicyclic) bond motifs is 1. The summed E-state index contributed by atoms with van der Waals surface area (Å²) in [5, 5.41) is 5.16. The average molecular weight is 362 g/mol. The predicted octanol–water partition coefficient (Wildman–Crippen LogP) is 3.53. The molecular weight excluding hydrogens is 349 g/mol. The second kappa shape index (κ2) is 6.91. The number of carbonyl (C=O) groups is 2. The highest BCUT2D eigenvalue weighted by Gasteiger charge is 2.19. The van der Waals surface area contributed by atoms with Gasteiger partial charge in [-0.3, -0.25) is 9.59 Å². The number of rotatable bonds is 4. The van der Waals surface area contributed by atoms with E-state index in [1.807, 2.05) is 0 Å². The Labute approximate surface area is 145 Å². The van der Waals surface area contributed by atoms with Gasteiger partial charge in [0.05, 0.1) is 12.2 Å². The molecule has 0 saturated carbocycles. The Balaban J connectivity index is 1.66. The highest BCUT2D eigenvalue weighted by atomic mass is 19.2. The number of hydrogen-bond donors (Lipinski definition) is 2. The molecule has 0 bridgehead atoms. The van der Waals surface area contributed by atoms with Crippen LogP contribution in [0.3, 0.4) is 0 Å². The number of carbonyl (C=O) groups excluding carboxylic acids is 2. The fourth-order valence-electron chi connectivity index (χ4n) is 2.45. The Kier molecular flexibility index (Phi) is 4.66. The molecule has 0 unspecified atom stereocenters. The third kappa shape index (κ3) is 3.26. The quantitative estimate of drug-likeness (QED) is 0.698. The van der Waals surface area contributed by atoms with Gasteiger partial charge in [0.2, 0.25) is 5.91 Å². The average Bonchev–Trinajstić information content (AvgIpc) is 2.97. The topological polar surface area (TPSA) is 71.3 Å². The van der Waals surface area contributed by atoms with Gasteiger partial charge in [-0.05, 0) is 25.1 Å². The molecule has 0 aliphatic carbocycles. The number of furan rings is 1. The number of benzene rings is 2. The minimum Gasteiger partial charge on any atom is -0.451 e. The predicted molar refractivity (Wildman–Crippen MR) is 88.2 cm³/mol. The molecule has 1 aromatic heterocycles. The van der Waals surface area contributed by atoms with Gasteiger partial charge in [-0.1, -0.05) is 18.2 Å². The van der Waals surface area contributed by atoms with Gasteiger partial charge in [-0.2, -0.15) is 0 Å². The Bertz CT molecular complexity index is 1010. The van der Waals surface area contributed by atoms with Crippen molar-refractivity contribution in [3.05, 3.63) is 65.2 Å². The Morgan fingerprint density at radius 3 is 2.50 bits per heavy atom. The Morgan fingerprint density at radius 2 is 1.77 bits per heavy atom. The third-order valence-electron chi connectivity index (χ3n) is 3.77. The molecule has 8 heteroatoms. The van der Waals surface area contributed by atoms with Crippen molar-refractivity contribution in [2.45, 2.75) is 6.92 Å². The summed E-state index contributed by atoms with van der Waals surface area (Å²) in [6.07, 6.45) is 0. The number of hydrogen-bond acceptors (Lipinski definition) is 3. The zero-order chi connectivity index (χ0) is 18.8. The first-order valence-electron chi connectivity index (χ1n) is 7.58. The number of para-hydroxylation sites is 1. The first-order valence-corrected chi connectivity index (χ1v) is 7.58. The zero-order valence-electron chi connectivity index (χ0n) is 13.5. The number of amides is 2. The van der Waals surface area contributed by atoms with Gasteiger partial charge in [-0.15, -0.1) is 0 Å². The second-order valence-electron chi connectivity index (χ2n) is 5.51. The van der Waals surface area contributed by atoms with Crippen LogP contribution in [0.15, 0.2) is 40.8 Å². The molecule has 2 aromatic carbocycles. The summed E-state index contributed by atoms with van der Waals surface area (Å²) in [5.74, 6) is -5.95. The standard InChI is InChI=1S/C18H13F3N2O3/c1-9-10-4-2-3-5-13(10)26-17(9)18(25)22-8-14(24)23-12-7-6-11(19)15(20)16(12)21/h2-7H,8H2,1H3,(H,22,25)(H,23,24). The van der Waals surface area contributed by atoms with E-state index in [0.717, 1.165) is 11.5 Å². The molecule has 3 rings (SSSR count). The van der Waals surface area contributed by atoms with Crippen LogP contribution in [0.4, 0.5) is 18.9 Å². The van der Waals surface area contributed by atoms with Crippen LogP contribution >= 0.6 is 0 Å². The van der Waals surface area contributed by atoms with Crippen molar-refractivity contribution in [2.75, 3.05) is 11.9 Å². The molecule has 5 nitrogen and oxygen atoms in total. The maximum absolute atomic E-state index is 13.5. The van der Waals surface area contributed by atoms with Crippen molar-refractivity contribution in [3.63, 3.8) is 0 Å². The minimum absolute atomic E-state index is 0.0537. The normalized spacial score (nSPS) is 10.8. The molecule has 0 radical (unpaired) electrons. The van der Waals surface area contributed by atoms with E-state index in [9.17, 15) is 22.8 Å². The van der Waals surface area contributed by atoms with E-state index in [0.29, 0.717) is 17.2 Å². The van der Waals surface area contributed by atoms with Crippen LogP contribution in [0.2, 0.25) is 0 Å². The Hall–Kier alpha value is -3.29. The van der Waals surface area contributed by atoms with E-state index in [-0.39, 0.29) is 5.76 Å². The summed E-state index contributed by atoms with van der Waals surface area (Å²) >= 11 is 0. The van der Waals surface area contributed by atoms with Gasteiger partial charge in [0.25, 0.3) is 5.91 Å². The number of halogens is 3. The van der Waals surface area contributed by atoms with Gasteiger partial charge in [0.1, 0.15) is 5.58 Å². The summed E-state index contributed by atoms with van der Waals surface area (Å²) in [4.78, 5) is 24.0. The monoisotopic (exact) mass is 362 g/mol. The van der Waals surface area contributed by atoms with Gasteiger partial charge in [-0.25, -0.2) is 13.2 Å². The van der Waals surface area contributed by atoms with E-state index >= 15 is 0 Å². The number of aryl methyl sites for hydroxylation is 1. The van der Waals surface area contributed by atoms with E-state index in [1.165, 1.54) is 0 Å². The SMILES string of the molecule is Cc1c(C(=O)NCC(=O)Nc2ccc(F)c(F)c2F)oc2ccccc12. The van der Waals surface area contributed by atoms with Gasteiger partial charge < -0.3 is 15.1 Å². The second-order valence-corrected chi connectivity index (χ2v) is 5.51. The van der Waals surface area contributed by atoms with E-state index in [4.69, 9.17) is 4.42 Å². The number of nitrogens with one attached hydrogen (secondary N) is 2. The smallest absolute Gasteiger partial charge is 0.287 e. The number of anilines is 1. The molecule has 0 fully saturated rings. The molecule has 0 atom stereocenters. The lowest BCUT2D eigenvalue weighted by Gasteiger charge is -2.08. The fraction of sp³-hybridized carbons (Fsp3) is 0.111. The van der Waals surface area contributed by atoms with E-state index < -0.39 is 41.5 Å². The summed E-state index contributed by atoms with van der Waals surface area (Å²) in [7, 11) is 0. The van der Waals surface area contributed by atoms with Crippen LogP contribution in [0.1, 0.15) is 16.1 Å². The fourth-order valence-corrected chi connectivity index (χ4v) is 2.45. The molecule has 0 aliphatic rings. The van der Waals surface area contributed by atoms with Gasteiger partial charge in [0.15, 0.2) is 23.2 Å². The molecule has 3 aromatic rings. The molecular formula is C18H13F3N2O3. The molecule has 134 valence electrons. The van der Waals surface area contributed by atoms with E-state index in [2.05, 4.69) is 10.6 Å². The summed E-state index contributed by atoms with van der Waals surface area (Å²) < 4.78 is 45.0. The molecule has 2 N–H and O–H groups in total. The lowest BCUT2D eigenvalue weighted by atomic mass is 10.1. The van der Waals surface area contributed by atoms with Crippen LogP contribution in [0.5, 0.6) is 0 Å². The highest BCUT2D eigenvalue weighted by Crippen LogP contribution is 2.24. The highest BCUT2D eigenvalue weighted by molar-refractivity contribution is 6.01. The Morgan fingerprint density at radius 1 is 1.04 bits per heavy atom. The maximum Gasteiger partial charge on any atom is 0.287 e. The van der Waals surface area contributed by atoms with Gasteiger partial charge in [0, 0.05) is 10.9 Å². The first-order chi connectivity index (χ1) is 12.4. The van der Waals surface area contributed by atoms with Crippen molar-refractivity contribution >= 4 is 28.5 Å². The zero-order valence-corrected chi connectivity index (χ0v) is 13.5. The van der Waals surface area contributed by atoms with Crippen molar-refractivity contribution in [1.29, 1.82) is 0 Å². The lowest BCUT2D eigenvalue weighted by molar-refractivity contribution is -0.115. The van der Waals surface area contributed by atoms with Crippen molar-refractivity contribution < 1.29 is 27.2 Å². The molecule has 2 amide bonds. The third-order valence-corrected chi connectivity index (χ3v) is 3.77. The summed E-state index contributed by atoms with van der Waals surface area (Å²) in [6.45, 7) is 1.20. The molecule has 0 aliphatic heterocycles. The molecule has 26 heavy (non-hydrogen) atoms. The molecule has 1 heterocycles. The first kappa shape index (κ1) is 17.5. The minimum atomic E-state index is -1.69. The van der Waals surface area contributed by atoms with Crippen LogP contribution in [0, 0.1) is 24.4 Å². The van der Waals surface area contributed by atoms with Crippen molar-refractivity contribution in [2.24, 2.45) is 0 Å². The summed E-state index contributed by atoms with van der Waals surface area (Å²) in [6, 6.07) is 8.63.